The summed E-state index contributed by atoms with van der Waals surface area (Å²) < 4.78 is 0. The highest BCUT2D eigenvalue weighted by Gasteiger charge is 2.18. The Bertz CT molecular complexity index is 593. The second-order valence-electron chi connectivity index (χ2n) is 4.97. The number of aromatic hydroxyl groups is 2. The molecule has 0 amide bonds. The van der Waals surface area contributed by atoms with E-state index < -0.39 is 0 Å². The van der Waals surface area contributed by atoms with Gasteiger partial charge in [0.05, 0.1) is 0 Å². The van der Waals surface area contributed by atoms with Gasteiger partial charge in [-0.05, 0) is 48.1 Å². The lowest BCUT2D eigenvalue weighted by atomic mass is 9.87. The van der Waals surface area contributed by atoms with Crippen molar-refractivity contribution < 1.29 is 10.2 Å². The Kier molecular flexibility index (Phi) is 4.33. The van der Waals surface area contributed by atoms with Crippen molar-refractivity contribution in [3.63, 3.8) is 0 Å². The minimum atomic E-state index is 0.246. The number of rotatable bonds is 4. The molecule has 2 N–H and O–H groups in total. The number of benzene rings is 2. The maximum Gasteiger partial charge on any atom is 0.123 e. The van der Waals surface area contributed by atoms with E-state index in [0.717, 1.165) is 29.5 Å². The molecule has 2 aromatic carbocycles. The normalized spacial score (nSPS) is 10.8. The summed E-state index contributed by atoms with van der Waals surface area (Å²) in [6.45, 7) is 6.23. The Hall–Kier alpha value is -1.96. The molecule has 0 saturated carbocycles. The van der Waals surface area contributed by atoms with Gasteiger partial charge in [0.2, 0.25) is 0 Å². The number of hydrogen-bond acceptors (Lipinski definition) is 2. The lowest BCUT2D eigenvalue weighted by Crippen LogP contribution is -1.98. The number of aryl methyl sites for hydroxylation is 2. The maximum absolute atomic E-state index is 10.3. The van der Waals surface area contributed by atoms with Crippen molar-refractivity contribution in [3.8, 4) is 22.6 Å². The highest BCUT2D eigenvalue weighted by atomic mass is 16.3. The van der Waals surface area contributed by atoms with Crippen molar-refractivity contribution in [1.82, 2.24) is 0 Å². The van der Waals surface area contributed by atoms with Crippen molar-refractivity contribution in [2.45, 2.75) is 40.0 Å². The molecule has 0 bridgehead atoms. The van der Waals surface area contributed by atoms with Gasteiger partial charge in [0.15, 0.2) is 0 Å². The van der Waals surface area contributed by atoms with Gasteiger partial charge in [-0.15, -0.1) is 0 Å². The van der Waals surface area contributed by atoms with Crippen LogP contribution in [-0.2, 0) is 19.3 Å². The van der Waals surface area contributed by atoms with E-state index in [0.29, 0.717) is 6.42 Å². The van der Waals surface area contributed by atoms with Gasteiger partial charge in [0.25, 0.3) is 0 Å². The minimum Gasteiger partial charge on any atom is -0.508 e. The van der Waals surface area contributed by atoms with Crippen molar-refractivity contribution >= 4 is 0 Å². The first-order valence-electron chi connectivity index (χ1n) is 7.28. The van der Waals surface area contributed by atoms with Crippen LogP contribution in [0.1, 0.15) is 37.5 Å². The third kappa shape index (κ3) is 2.38. The topological polar surface area (TPSA) is 40.5 Å². The lowest BCUT2D eigenvalue weighted by Gasteiger charge is -2.18. The van der Waals surface area contributed by atoms with Gasteiger partial charge in [-0.3, -0.25) is 0 Å². The Labute approximate surface area is 120 Å². The molecule has 2 nitrogen and oxygen atoms in total. The van der Waals surface area contributed by atoms with Crippen LogP contribution in [0.2, 0.25) is 0 Å². The van der Waals surface area contributed by atoms with Crippen LogP contribution in [0, 0.1) is 0 Å². The van der Waals surface area contributed by atoms with Gasteiger partial charge in [0, 0.05) is 11.1 Å². The monoisotopic (exact) mass is 270 g/mol. The SMILES string of the molecule is CCc1cccc(CC)c1-c1c(O)ccc(O)c1CC. The summed E-state index contributed by atoms with van der Waals surface area (Å²) in [5.41, 5.74) is 5.12. The van der Waals surface area contributed by atoms with E-state index in [9.17, 15) is 10.2 Å². The molecule has 0 spiro atoms. The highest BCUT2D eigenvalue weighted by molar-refractivity contribution is 5.81. The van der Waals surface area contributed by atoms with Gasteiger partial charge < -0.3 is 10.2 Å². The fourth-order valence-corrected chi connectivity index (χ4v) is 2.82. The quantitative estimate of drug-likeness (QED) is 0.806. The molecule has 0 aliphatic heterocycles. The van der Waals surface area contributed by atoms with E-state index in [1.54, 1.807) is 12.1 Å². The summed E-state index contributed by atoms with van der Waals surface area (Å²) in [4.78, 5) is 0. The largest absolute Gasteiger partial charge is 0.508 e. The standard InChI is InChI=1S/C18H22O2/c1-4-12-8-7-9-13(5-2)17(12)18-14(6-3)15(19)10-11-16(18)20/h7-11,19-20H,4-6H2,1-3H3. The average molecular weight is 270 g/mol. The van der Waals surface area contributed by atoms with Gasteiger partial charge >= 0.3 is 0 Å². The number of phenolic OH excluding ortho intramolecular Hbond substituents is 2. The first-order chi connectivity index (χ1) is 9.63. The zero-order chi connectivity index (χ0) is 14.7. The Morgan fingerprint density at radius 2 is 1.25 bits per heavy atom. The molecule has 20 heavy (non-hydrogen) atoms. The van der Waals surface area contributed by atoms with Crippen LogP contribution in [0.3, 0.4) is 0 Å². The zero-order valence-electron chi connectivity index (χ0n) is 12.4. The fourth-order valence-electron chi connectivity index (χ4n) is 2.82. The molecule has 0 unspecified atom stereocenters. The predicted octanol–water partition coefficient (Wildman–Crippen LogP) is 4.45. The van der Waals surface area contributed by atoms with Crippen LogP contribution in [0.5, 0.6) is 11.5 Å². The molecule has 2 aromatic rings. The number of phenols is 2. The van der Waals surface area contributed by atoms with E-state index in [1.165, 1.54) is 11.1 Å². The van der Waals surface area contributed by atoms with E-state index in [2.05, 4.69) is 32.0 Å². The highest BCUT2D eigenvalue weighted by Crippen LogP contribution is 2.41. The summed E-state index contributed by atoms with van der Waals surface area (Å²) in [6, 6.07) is 9.40. The predicted molar refractivity (Wildman–Crippen MR) is 83.3 cm³/mol. The number of hydrogen-bond donors (Lipinski definition) is 2. The van der Waals surface area contributed by atoms with E-state index in [-0.39, 0.29) is 11.5 Å². The fraction of sp³-hybridized carbons (Fsp3) is 0.333. The third-order valence-corrected chi connectivity index (χ3v) is 3.87. The molecule has 2 heteroatoms. The minimum absolute atomic E-state index is 0.246. The van der Waals surface area contributed by atoms with Crippen LogP contribution >= 0.6 is 0 Å². The Morgan fingerprint density at radius 3 is 1.75 bits per heavy atom. The van der Waals surface area contributed by atoms with Gasteiger partial charge in [-0.25, -0.2) is 0 Å². The molecule has 106 valence electrons. The van der Waals surface area contributed by atoms with Crippen molar-refractivity contribution in [3.05, 3.63) is 47.0 Å². The molecule has 0 heterocycles. The van der Waals surface area contributed by atoms with E-state index in [4.69, 9.17) is 0 Å². The molecule has 0 radical (unpaired) electrons. The first kappa shape index (κ1) is 14.4. The van der Waals surface area contributed by atoms with E-state index in [1.807, 2.05) is 6.92 Å². The summed E-state index contributed by atoms with van der Waals surface area (Å²) in [5, 5.41) is 20.4. The van der Waals surface area contributed by atoms with Gasteiger partial charge in [-0.2, -0.15) is 0 Å². The van der Waals surface area contributed by atoms with Gasteiger partial charge in [0.1, 0.15) is 11.5 Å². The molecule has 2 rings (SSSR count). The summed E-state index contributed by atoms with van der Waals surface area (Å²) in [5.74, 6) is 0.503. The molecule has 0 aliphatic rings. The van der Waals surface area contributed by atoms with Crippen molar-refractivity contribution in [1.29, 1.82) is 0 Å². The Balaban J connectivity index is 2.83. The lowest BCUT2D eigenvalue weighted by molar-refractivity contribution is 0.456. The van der Waals surface area contributed by atoms with Crippen molar-refractivity contribution in [2.24, 2.45) is 0 Å². The van der Waals surface area contributed by atoms with Gasteiger partial charge in [-0.1, -0.05) is 39.0 Å². The molecular weight excluding hydrogens is 248 g/mol. The second-order valence-corrected chi connectivity index (χ2v) is 4.97. The van der Waals surface area contributed by atoms with Crippen LogP contribution in [0.4, 0.5) is 0 Å². The Morgan fingerprint density at radius 1 is 0.700 bits per heavy atom. The molecule has 0 atom stereocenters. The molecule has 0 aromatic heterocycles. The summed E-state index contributed by atoms with van der Waals surface area (Å²) in [6.07, 6.45) is 2.50. The van der Waals surface area contributed by atoms with E-state index >= 15 is 0 Å². The van der Waals surface area contributed by atoms with Crippen molar-refractivity contribution in [2.75, 3.05) is 0 Å². The second kappa shape index (κ2) is 6.00. The third-order valence-electron chi connectivity index (χ3n) is 3.87. The molecule has 0 saturated heterocycles. The molecule has 0 fully saturated rings. The van der Waals surface area contributed by atoms with Crippen LogP contribution in [0.15, 0.2) is 30.3 Å². The van der Waals surface area contributed by atoms with Crippen LogP contribution < -0.4 is 0 Å². The van der Waals surface area contributed by atoms with Crippen LogP contribution in [-0.4, -0.2) is 10.2 Å². The molecular formula is C18H22O2. The maximum atomic E-state index is 10.3. The first-order valence-corrected chi connectivity index (χ1v) is 7.28. The average Bonchev–Trinajstić information content (AvgIpc) is 2.48. The zero-order valence-corrected chi connectivity index (χ0v) is 12.4. The smallest absolute Gasteiger partial charge is 0.123 e. The molecule has 0 aliphatic carbocycles. The summed E-state index contributed by atoms with van der Waals surface area (Å²) >= 11 is 0. The summed E-state index contributed by atoms with van der Waals surface area (Å²) in [7, 11) is 0. The van der Waals surface area contributed by atoms with Crippen LogP contribution in [0.25, 0.3) is 11.1 Å².